The minimum absolute atomic E-state index is 0.247. The number of nitrogens with one attached hydrogen (secondary N) is 2. The largest absolute Gasteiger partial charge is 0.333 e. The highest BCUT2D eigenvalue weighted by Crippen LogP contribution is 2.21. The standard InChI is InChI=1S/C14H21N3O2S/c1-17(11-5-2-3-6-11)10-13(18)16-14(19)15-9-12-7-4-8-20-12/h4,7-8,11H,2-3,5-6,9-10H2,1H3,(H2,15,16,18,19). The number of carbonyl (C=O) groups is 2. The summed E-state index contributed by atoms with van der Waals surface area (Å²) in [4.78, 5) is 26.5. The summed E-state index contributed by atoms with van der Waals surface area (Å²) in [6.45, 7) is 0.729. The molecule has 0 saturated heterocycles. The van der Waals surface area contributed by atoms with Crippen molar-refractivity contribution in [2.45, 2.75) is 38.3 Å². The Balaban J connectivity index is 1.66. The Kier molecular flexibility index (Phi) is 5.55. The Morgan fingerprint density at radius 2 is 2.15 bits per heavy atom. The second-order valence-corrected chi connectivity index (χ2v) is 6.20. The van der Waals surface area contributed by atoms with Crippen LogP contribution >= 0.6 is 11.3 Å². The minimum Gasteiger partial charge on any atom is -0.333 e. The quantitative estimate of drug-likeness (QED) is 0.873. The van der Waals surface area contributed by atoms with Gasteiger partial charge in [0.1, 0.15) is 0 Å². The lowest BCUT2D eigenvalue weighted by Gasteiger charge is -2.22. The number of carbonyl (C=O) groups excluding carboxylic acids is 2. The maximum atomic E-state index is 11.8. The lowest BCUT2D eigenvalue weighted by atomic mass is 10.2. The Hall–Kier alpha value is -1.40. The zero-order valence-corrected chi connectivity index (χ0v) is 12.5. The second-order valence-electron chi connectivity index (χ2n) is 5.16. The molecule has 0 spiro atoms. The molecule has 5 nitrogen and oxygen atoms in total. The maximum Gasteiger partial charge on any atom is 0.321 e. The van der Waals surface area contributed by atoms with Crippen LogP contribution in [0.15, 0.2) is 17.5 Å². The van der Waals surface area contributed by atoms with E-state index in [4.69, 9.17) is 0 Å². The van der Waals surface area contributed by atoms with Crippen molar-refractivity contribution in [2.75, 3.05) is 13.6 Å². The van der Waals surface area contributed by atoms with Crippen LogP contribution in [0.1, 0.15) is 30.6 Å². The second kappa shape index (κ2) is 7.40. The molecule has 6 heteroatoms. The number of hydrogen-bond donors (Lipinski definition) is 2. The van der Waals surface area contributed by atoms with Crippen LogP contribution < -0.4 is 10.6 Å². The molecule has 1 aliphatic carbocycles. The van der Waals surface area contributed by atoms with Crippen LogP contribution in [0.2, 0.25) is 0 Å². The molecule has 110 valence electrons. The van der Waals surface area contributed by atoms with Crippen molar-refractivity contribution in [1.29, 1.82) is 0 Å². The van der Waals surface area contributed by atoms with E-state index >= 15 is 0 Å². The molecule has 1 heterocycles. The number of imide groups is 1. The summed E-state index contributed by atoms with van der Waals surface area (Å²) in [6.07, 6.45) is 4.76. The molecule has 0 radical (unpaired) electrons. The highest BCUT2D eigenvalue weighted by Gasteiger charge is 2.21. The van der Waals surface area contributed by atoms with Gasteiger partial charge in [0, 0.05) is 10.9 Å². The van der Waals surface area contributed by atoms with E-state index < -0.39 is 6.03 Å². The first-order chi connectivity index (χ1) is 9.65. The summed E-state index contributed by atoms with van der Waals surface area (Å²) in [6, 6.07) is 3.93. The van der Waals surface area contributed by atoms with E-state index in [0.717, 1.165) is 17.7 Å². The van der Waals surface area contributed by atoms with Crippen LogP contribution in [0.4, 0.5) is 4.79 Å². The smallest absolute Gasteiger partial charge is 0.321 e. The number of amides is 3. The van der Waals surface area contributed by atoms with Crippen LogP contribution in [0.5, 0.6) is 0 Å². The van der Waals surface area contributed by atoms with Gasteiger partial charge in [0.2, 0.25) is 5.91 Å². The molecule has 0 aromatic carbocycles. The SMILES string of the molecule is CN(CC(=O)NC(=O)NCc1cccs1)C1CCCC1. The zero-order valence-electron chi connectivity index (χ0n) is 11.7. The van der Waals surface area contributed by atoms with E-state index in [9.17, 15) is 9.59 Å². The van der Waals surface area contributed by atoms with Crippen molar-refractivity contribution >= 4 is 23.3 Å². The predicted octanol–water partition coefficient (Wildman–Crippen LogP) is 1.95. The fourth-order valence-electron chi connectivity index (χ4n) is 2.49. The van der Waals surface area contributed by atoms with Gasteiger partial charge in [-0.15, -0.1) is 11.3 Å². The third kappa shape index (κ3) is 4.61. The summed E-state index contributed by atoms with van der Waals surface area (Å²) in [5, 5.41) is 7.01. The van der Waals surface area contributed by atoms with Crippen LogP contribution in [-0.2, 0) is 11.3 Å². The van der Waals surface area contributed by atoms with Crippen LogP contribution in [0.25, 0.3) is 0 Å². The molecule has 1 aromatic heterocycles. The van der Waals surface area contributed by atoms with Gasteiger partial charge in [-0.1, -0.05) is 18.9 Å². The predicted molar refractivity (Wildman–Crippen MR) is 79.6 cm³/mol. The highest BCUT2D eigenvalue weighted by molar-refractivity contribution is 7.09. The third-order valence-electron chi connectivity index (χ3n) is 3.60. The number of urea groups is 1. The molecular formula is C14H21N3O2S. The van der Waals surface area contributed by atoms with E-state index in [1.54, 1.807) is 11.3 Å². The van der Waals surface area contributed by atoms with Gasteiger partial charge in [-0.05, 0) is 31.3 Å². The van der Waals surface area contributed by atoms with E-state index in [2.05, 4.69) is 10.6 Å². The topological polar surface area (TPSA) is 61.4 Å². The van der Waals surface area contributed by atoms with Gasteiger partial charge in [-0.2, -0.15) is 0 Å². The van der Waals surface area contributed by atoms with E-state index in [1.807, 2.05) is 29.5 Å². The van der Waals surface area contributed by atoms with Gasteiger partial charge in [0.25, 0.3) is 0 Å². The summed E-state index contributed by atoms with van der Waals surface area (Å²) < 4.78 is 0. The summed E-state index contributed by atoms with van der Waals surface area (Å²) >= 11 is 1.58. The molecule has 0 aliphatic heterocycles. The fraction of sp³-hybridized carbons (Fsp3) is 0.571. The van der Waals surface area contributed by atoms with E-state index in [1.165, 1.54) is 12.8 Å². The lowest BCUT2D eigenvalue weighted by molar-refractivity contribution is -0.121. The molecule has 0 bridgehead atoms. The first-order valence-electron chi connectivity index (χ1n) is 6.95. The Labute approximate surface area is 123 Å². The van der Waals surface area contributed by atoms with Crippen molar-refractivity contribution in [3.63, 3.8) is 0 Å². The van der Waals surface area contributed by atoms with E-state index in [0.29, 0.717) is 12.6 Å². The third-order valence-corrected chi connectivity index (χ3v) is 4.47. The molecule has 1 aliphatic rings. The van der Waals surface area contributed by atoms with Crippen molar-refractivity contribution in [3.05, 3.63) is 22.4 Å². The molecule has 0 unspecified atom stereocenters. The first kappa shape index (κ1) is 15.0. The van der Waals surface area contributed by atoms with Crippen molar-refractivity contribution in [1.82, 2.24) is 15.5 Å². The number of hydrogen-bond acceptors (Lipinski definition) is 4. The average Bonchev–Trinajstić information content (AvgIpc) is 3.09. The molecule has 0 atom stereocenters. The molecule has 2 rings (SSSR count). The van der Waals surface area contributed by atoms with Gasteiger partial charge in [-0.25, -0.2) is 4.79 Å². The van der Waals surface area contributed by atoms with Gasteiger partial charge < -0.3 is 5.32 Å². The number of rotatable bonds is 5. The Morgan fingerprint density at radius 1 is 1.40 bits per heavy atom. The molecular weight excluding hydrogens is 274 g/mol. The van der Waals surface area contributed by atoms with Crippen molar-refractivity contribution in [3.8, 4) is 0 Å². The zero-order chi connectivity index (χ0) is 14.4. The molecule has 1 aromatic rings. The number of nitrogens with zero attached hydrogens (tertiary/aromatic N) is 1. The molecule has 1 fully saturated rings. The fourth-order valence-corrected chi connectivity index (χ4v) is 3.14. The molecule has 3 amide bonds. The summed E-state index contributed by atoms with van der Waals surface area (Å²) in [5.74, 6) is -0.247. The normalized spacial score (nSPS) is 15.5. The molecule has 2 N–H and O–H groups in total. The van der Waals surface area contributed by atoms with E-state index in [-0.39, 0.29) is 12.5 Å². The highest BCUT2D eigenvalue weighted by atomic mass is 32.1. The Bertz CT molecular complexity index is 441. The van der Waals surface area contributed by atoms with Crippen LogP contribution in [0.3, 0.4) is 0 Å². The number of thiophene rings is 1. The van der Waals surface area contributed by atoms with Gasteiger partial charge in [-0.3, -0.25) is 15.0 Å². The first-order valence-corrected chi connectivity index (χ1v) is 7.83. The molecule has 20 heavy (non-hydrogen) atoms. The van der Waals surface area contributed by atoms with Gasteiger partial charge >= 0.3 is 6.03 Å². The van der Waals surface area contributed by atoms with Crippen molar-refractivity contribution in [2.24, 2.45) is 0 Å². The van der Waals surface area contributed by atoms with Crippen LogP contribution in [0, 0.1) is 0 Å². The number of likely N-dealkylation sites (N-methyl/N-ethyl adjacent to an activating group) is 1. The van der Waals surface area contributed by atoms with Crippen molar-refractivity contribution < 1.29 is 9.59 Å². The van der Waals surface area contributed by atoms with Gasteiger partial charge in [0.05, 0.1) is 13.1 Å². The average molecular weight is 295 g/mol. The minimum atomic E-state index is -0.428. The van der Waals surface area contributed by atoms with Crippen LogP contribution in [-0.4, -0.2) is 36.5 Å². The Morgan fingerprint density at radius 3 is 2.80 bits per heavy atom. The molecule has 1 saturated carbocycles. The lowest BCUT2D eigenvalue weighted by Crippen LogP contribution is -2.45. The summed E-state index contributed by atoms with van der Waals surface area (Å²) in [5.41, 5.74) is 0. The maximum absolute atomic E-state index is 11.8. The monoisotopic (exact) mass is 295 g/mol. The van der Waals surface area contributed by atoms with Gasteiger partial charge in [0.15, 0.2) is 0 Å². The summed E-state index contributed by atoms with van der Waals surface area (Å²) in [7, 11) is 1.94.